The molecule has 1 aromatic heterocycles. The third-order valence-electron chi connectivity index (χ3n) is 5.23. The van der Waals surface area contributed by atoms with E-state index in [9.17, 15) is 9.59 Å². The first-order chi connectivity index (χ1) is 15.9. The summed E-state index contributed by atoms with van der Waals surface area (Å²) < 4.78 is 7.32. The van der Waals surface area contributed by atoms with E-state index in [1.165, 1.54) is 11.1 Å². The Kier molecular flexibility index (Phi) is 8.46. The minimum absolute atomic E-state index is 0.296. The Balaban J connectivity index is 0.000000331. The van der Waals surface area contributed by atoms with Crippen LogP contribution in [0.4, 0.5) is 0 Å². The number of rotatable bonds is 6. The molecule has 0 amide bonds. The molecule has 0 spiro atoms. The van der Waals surface area contributed by atoms with Gasteiger partial charge in [0, 0.05) is 5.56 Å². The van der Waals surface area contributed by atoms with Crippen LogP contribution in [0.25, 0.3) is 16.9 Å². The Morgan fingerprint density at radius 3 is 2.52 bits per heavy atom. The molecule has 9 heteroatoms. The number of hydrogen-bond acceptors (Lipinski definition) is 5. The fraction of sp³-hybridized carbons (Fsp3) is 0.292. The molecule has 3 aromatic rings. The van der Waals surface area contributed by atoms with E-state index in [1.54, 1.807) is 7.11 Å². The number of aliphatic carboxylic acids is 2. The molecule has 2 heterocycles. The molecule has 4 rings (SSSR count). The second-order valence-electron chi connectivity index (χ2n) is 7.43. The highest BCUT2D eigenvalue weighted by Crippen LogP contribution is 2.33. The number of fused-ring (bicyclic) bond motifs is 1. The maximum atomic E-state index is 9.64. The van der Waals surface area contributed by atoms with Crippen molar-refractivity contribution < 1.29 is 24.5 Å². The van der Waals surface area contributed by atoms with E-state index in [4.69, 9.17) is 26.6 Å². The Morgan fingerprint density at radius 2 is 1.82 bits per heavy atom. The summed E-state index contributed by atoms with van der Waals surface area (Å²) in [6.45, 7) is 1.95. The van der Waals surface area contributed by atoms with Gasteiger partial charge in [-0.25, -0.2) is 4.68 Å². The summed E-state index contributed by atoms with van der Waals surface area (Å²) in [5.74, 6) is -1.33. The lowest BCUT2D eigenvalue weighted by Crippen LogP contribution is -2.16. The third-order valence-corrected chi connectivity index (χ3v) is 5.53. The van der Waals surface area contributed by atoms with Crippen LogP contribution >= 0.6 is 11.6 Å². The van der Waals surface area contributed by atoms with Gasteiger partial charge in [0.05, 0.1) is 42.6 Å². The predicted octanol–water partition coefficient (Wildman–Crippen LogP) is 3.83. The number of nitrogens with zero attached hydrogens (tertiary/aromatic N) is 2. The molecule has 0 fully saturated rings. The van der Waals surface area contributed by atoms with Crippen molar-refractivity contribution in [3.05, 3.63) is 64.8 Å². The molecule has 0 saturated heterocycles. The van der Waals surface area contributed by atoms with Gasteiger partial charge in [0.25, 0.3) is 0 Å². The highest BCUT2D eigenvalue weighted by atomic mass is 35.5. The van der Waals surface area contributed by atoms with E-state index in [0.29, 0.717) is 0 Å². The summed E-state index contributed by atoms with van der Waals surface area (Å²) in [4.78, 5) is 19.3. The highest BCUT2D eigenvalue weighted by molar-refractivity contribution is 6.32. The van der Waals surface area contributed by atoms with Gasteiger partial charge in [0.1, 0.15) is 5.75 Å². The van der Waals surface area contributed by atoms with Crippen LogP contribution < -0.4 is 10.1 Å². The normalized spacial score (nSPS) is 12.7. The standard InChI is InChI=1S/C20H20ClN3O.C4H6O4/c1-25-16-4-2-3-15(13-16)19-9-12-23-24(19)20-17-8-11-22-10-7-14(17)5-6-18(20)21;5-3(6)1-2-4(7)8/h2-6,9,12-13,22H,7-8,10-11H2,1H3;1-2H2,(H,5,6)(H,7,8). The average Bonchev–Trinajstić information content (AvgIpc) is 3.16. The molecule has 33 heavy (non-hydrogen) atoms. The molecule has 0 bridgehead atoms. The SMILES string of the molecule is COc1cccc(-c2ccnn2-c2c(Cl)ccc3c2CCNCC3)c1.O=C(O)CCC(=O)O. The van der Waals surface area contributed by atoms with E-state index in [1.807, 2.05) is 41.2 Å². The number of carboxylic acid groups (broad SMARTS) is 2. The number of nitrogens with one attached hydrogen (secondary N) is 1. The second-order valence-corrected chi connectivity index (χ2v) is 7.84. The van der Waals surface area contributed by atoms with Crippen LogP contribution in [0.2, 0.25) is 5.02 Å². The van der Waals surface area contributed by atoms with E-state index < -0.39 is 11.9 Å². The van der Waals surface area contributed by atoms with Crippen molar-refractivity contribution in [2.24, 2.45) is 0 Å². The summed E-state index contributed by atoms with van der Waals surface area (Å²) in [5.41, 5.74) is 5.68. The lowest BCUT2D eigenvalue weighted by Gasteiger charge is -2.17. The van der Waals surface area contributed by atoms with Gasteiger partial charge in [0.15, 0.2) is 0 Å². The Hall–Kier alpha value is -3.36. The van der Waals surface area contributed by atoms with Gasteiger partial charge in [-0.3, -0.25) is 9.59 Å². The number of ether oxygens (including phenoxy) is 1. The van der Waals surface area contributed by atoms with Crippen molar-refractivity contribution in [3.8, 4) is 22.7 Å². The summed E-state index contributed by atoms with van der Waals surface area (Å²) in [6.07, 6.45) is 3.18. The Bertz CT molecular complexity index is 1120. The van der Waals surface area contributed by atoms with Gasteiger partial charge in [-0.1, -0.05) is 29.8 Å². The molecule has 0 unspecified atom stereocenters. The van der Waals surface area contributed by atoms with Crippen molar-refractivity contribution >= 4 is 23.5 Å². The molecular formula is C24H26ClN3O5. The van der Waals surface area contributed by atoms with Crippen LogP contribution in [0.15, 0.2) is 48.7 Å². The minimum atomic E-state index is -1.08. The first kappa shape index (κ1) is 24.3. The van der Waals surface area contributed by atoms with Gasteiger partial charge >= 0.3 is 11.9 Å². The molecule has 0 saturated carbocycles. The fourth-order valence-corrected chi connectivity index (χ4v) is 3.91. The van der Waals surface area contributed by atoms with E-state index in [-0.39, 0.29) is 12.8 Å². The van der Waals surface area contributed by atoms with Gasteiger partial charge in [-0.2, -0.15) is 5.10 Å². The predicted molar refractivity (Wildman–Crippen MR) is 125 cm³/mol. The van der Waals surface area contributed by atoms with Gasteiger partial charge in [-0.15, -0.1) is 0 Å². The number of methoxy groups -OCH3 is 1. The zero-order valence-electron chi connectivity index (χ0n) is 18.3. The molecular weight excluding hydrogens is 446 g/mol. The van der Waals surface area contributed by atoms with E-state index in [0.717, 1.165) is 53.6 Å². The van der Waals surface area contributed by atoms with Crippen LogP contribution in [-0.4, -0.2) is 52.1 Å². The smallest absolute Gasteiger partial charge is 0.303 e. The number of halogens is 1. The number of aromatic nitrogens is 2. The molecule has 0 atom stereocenters. The van der Waals surface area contributed by atoms with Crippen LogP contribution in [0.5, 0.6) is 5.75 Å². The van der Waals surface area contributed by atoms with E-state index >= 15 is 0 Å². The number of benzene rings is 2. The van der Waals surface area contributed by atoms with Crippen LogP contribution in [-0.2, 0) is 22.4 Å². The lowest BCUT2D eigenvalue weighted by molar-refractivity contribution is -0.143. The van der Waals surface area contributed by atoms with Crippen molar-refractivity contribution in [1.29, 1.82) is 0 Å². The van der Waals surface area contributed by atoms with Crippen LogP contribution in [0.3, 0.4) is 0 Å². The maximum Gasteiger partial charge on any atom is 0.303 e. The molecule has 0 radical (unpaired) electrons. The van der Waals surface area contributed by atoms with Gasteiger partial charge in [0.2, 0.25) is 0 Å². The first-order valence-electron chi connectivity index (χ1n) is 10.5. The molecule has 0 aliphatic carbocycles. The Labute approximate surface area is 196 Å². The minimum Gasteiger partial charge on any atom is -0.497 e. The monoisotopic (exact) mass is 471 g/mol. The summed E-state index contributed by atoms with van der Waals surface area (Å²) in [7, 11) is 1.68. The van der Waals surface area contributed by atoms with Crippen LogP contribution in [0, 0.1) is 0 Å². The number of carbonyl (C=O) groups is 2. The largest absolute Gasteiger partial charge is 0.497 e. The topological polar surface area (TPSA) is 114 Å². The molecule has 1 aliphatic heterocycles. The molecule has 2 aromatic carbocycles. The molecule has 8 nitrogen and oxygen atoms in total. The zero-order chi connectivity index (χ0) is 23.8. The lowest BCUT2D eigenvalue weighted by atomic mass is 10.0. The number of carboxylic acids is 2. The fourth-order valence-electron chi connectivity index (χ4n) is 3.65. The van der Waals surface area contributed by atoms with E-state index in [2.05, 4.69) is 22.5 Å². The summed E-state index contributed by atoms with van der Waals surface area (Å²) in [5, 5.41) is 24.6. The third kappa shape index (κ3) is 6.34. The maximum absolute atomic E-state index is 9.64. The quantitative estimate of drug-likeness (QED) is 0.500. The average molecular weight is 472 g/mol. The zero-order valence-corrected chi connectivity index (χ0v) is 19.0. The first-order valence-corrected chi connectivity index (χ1v) is 10.9. The van der Waals surface area contributed by atoms with Gasteiger partial charge < -0.3 is 20.3 Å². The molecule has 174 valence electrons. The second kappa shape index (κ2) is 11.5. The van der Waals surface area contributed by atoms with Crippen molar-refractivity contribution in [2.75, 3.05) is 20.2 Å². The Morgan fingerprint density at radius 1 is 1.09 bits per heavy atom. The summed E-state index contributed by atoms with van der Waals surface area (Å²) in [6, 6.07) is 14.2. The highest BCUT2D eigenvalue weighted by Gasteiger charge is 2.19. The van der Waals surface area contributed by atoms with Crippen LogP contribution in [0.1, 0.15) is 24.0 Å². The van der Waals surface area contributed by atoms with Gasteiger partial charge in [-0.05, 0) is 61.3 Å². The van der Waals surface area contributed by atoms with Crippen molar-refractivity contribution in [1.82, 2.24) is 15.1 Å². The number of hydrogen-bond donors (Lipinski definition) is 3. The molecule has 3 N–H and O–H groups in total. The molecule has 1 aliphatic rings. The van der Waals surface area contributed by atoms with Crippen molar-refractivity contribution in [2.45, 2.75) is 25.7 Å². The summed E-state index contributed by atoms with van der Waals surface area (Å²) >= 11 is 6.62. The van der Waals surface area contributed by atoms with Crippen molar-refractivity contribution in [3.63, 3.8) is 0 Å².